The van der Waals surface area contributed by atoms with Crippen molar-refractivity contribution in [2.75, 3.05) is 26.9 Å². The molecule has 0 aliphatic heterocycles. The van der Waals surface area contributed by atoms with Crippen LogP contribution < -0.4 is 10.1 Å². The van der Waals surface area contributed by atoms with Crippen LogP contribution in [-0.4, -0.2) is 31.8 Å². The summed E-state index contributed by atoms with van der Waals surface area (Å²) >= 11 is 0. The smallest absolute Gasteiger partial charge is 0.311 e. The van der Waals surface area contributed by atoms with Gasteiger partial charge in [-0.15, -0.1) is 0 Å². The molecular weight excluding hydrogens is 260 g/mol. The predicted octanol–water partition coefficient (Wildman–Crippen LogP) is 2.29. The molecule has 0 aliphatic carbocycles. The highest BCUT2D eigenvalue weighted by Crippen LogP contribution is 2.28. The zero-order valence-corrected chi connectivity index (χ0v) is 11.8. The summed E-state index contributed by atoms with van der Waals surface area (Å²) in [6.07, 6.45) is 0. The van der Waals surface area contributed by atoms with E-state index < -0.39 is 4.92 Å². The van der Waals surface area contributed by atoms with Crippen molar-refractivity contribution >= 4 is 5.69 Å². The molecule has 20 heavy (non-hydrogen) atoms. The van der Waals surface area contributed by atoms with Crippen molar-refractivity contribution in [1.82, 2.24) is 5.32 Å². The Balaban J connectivity index is 2.73. The van der Waals surface area contributed by atoms with Gasteiger partial charge < -0.3 is 14.8 Å². The number of methoxy groups -OCH3 is 1. The number of benzene rings is 1. The van der Waals surface area contributed by atoms with Crippen LogP contribution >= 0.6 is 0 Å². The Labute approximate surface area is 118 Å². The Kier molecular flexibility index (Phi) is 6.69. The van der Waals surface area contributed by atoms with Gasteiger partial charge in [0.1, 0.15) is 6.61 Å². The van der Waals surface area contributed by atoms with Gasteiger partial charge in [-0.25, -0.2) is 0 Å². The van der Waals surface area contributed by atoms with E-state index >= 15 is 0 Å². The second-order valence-electron chi connectivity index (χ2n) is 4.47. The molecule has 1 aromatic carbocycles. The van der Waals surface area contributed by atoms with Crippen LogP contribution in [0.4, 0.5) is 5.69 Å². The van der Waals surface area contributed by atoms with Gasteiger partial charge in [-0.05, 0) is 24.1 Å². The van der Waals surface area contributed by atoms with E-state index in [-0.39, 0.29) is 18.0 Å². The fourth-order valence-electron chi connectivity index (χ4n) is 1.55. The Morgan fingerprint density at radius 3 is 2.85 bits per heavy atom. The molecule has 0 radical (unpaired) electrons. The summed E-state index contributed by atoms with van der Waals surface area (Å²) in [6.45, 7) is 7.62. The molecule has 0 fully saturated rings. The van der Waals surface area contributed by atoms with Crippen LogP contribution in [-0.2, 0) is 11.3 Å². The molecule has 1 N–H and O–H groups in total. The zero-order valence-electron chi connectivity index (χ0n) is 11.8. The van der Waals surface area contributed by atoms with Gasteiger partial charge in [0.2, 0.25) is 0 Å². The number of hydrogen-bond acceptors (Lipinski definition) is 5. The molecule has 0 saturated heterocycles. The van der Waals surface area contributed by atoms with Crippen LogP contribution in [0, 0.1) is 10.1 Å². The van der Waals surface area contributed by atoms with Crippen molar-refractivity contribution in [3.63, 3.8) is 0 Å². The van der Waals surface area contributed by atoms with Gasteiger partial charge in [0.25, 0.3) is 0 Å². The molecular formula is C14H20N2O4. The molecule has 0 unspecified atom stereocenters. The van der Waals surface area contributed by atoms with E-state index in [9.17, 15) is 10.1 Å². The second kappa shape index (κ2) is 8.29. The molecule has 0 bridgehead atoms. The van der Waals surface area contributed by atoms with Crippen LogP contribution in [0.2, 0.25) is 0 Å². The van der Waals surface area contributed by atoms with E-state index in [2.05, 4.69) is 11.9 Å². The Morgan fingerprint density at radius 1 is 1.50 bits per heavy atom. The summed E-state index contributed by atoms with van der Waals surface area (Å²) in [6, 6.07) is 4.95. The molecule has 6 nitrogen and oxygen atoms in total. The molecule has 0 heterocycles. The van der Waals surface area contributed by atoms with Crippen molar-refractivity contribution in [2.45, 2.75) is 13.5 Å². The Hall–Kier alpha value is -1.92. The maximum atomic E-state index is 11.1. The third kappa shape index (κ3) is 5.38. The topological polar surface area (TPSA) is 73.6 Å². The summed E-state index contributed by atoms with van der Waals surface area (Å²) in [7, 11) is 1.63. The van der Waals surface area contributed by atoms with E-state index in [1.807, 2.05) is 0 Å². The number of nitrogens with one attached hydrogen (secondary N) is 1. The number of nitro groups is 1. The van der Waals surface area contributed by atoms with Crippen LogP contribution in [0.15, 0.2) is 30.4 Å². The average molecular weight is 280 g/mol. The van der Waals surface area contributed by atoms with Crippen molar-refractivity contribution < 1.29 is 14.4 Å². The summed E-state index contributed by atoms with van der Waals surface area (Å²) in [5.74, 6) is 0.263. The van der Waals surface area contributed by atoms with Gasteiger partial charge in [-0.2, -0.15) is 0 Å². The van der Waals surface area contributed by atoms with Gasteiger partial charge in [0.05, 0.1) is 11.5 Å². The minimum absolute atomic E-state index is 0.0303. The lowest BCUT2D eigenvalue weighted by atomic mass is 10.2. The highest BCUT2D eigenvalue weighted by Gasteiger charge is 2.15. The lowest BCUT2D eigenvalue weighted by Gasteiger charge is -2.09. The molecule has 1 rings (SSSR count). The maximum Gasteiger partial charge on any atom is 0.311 e. The first-order valence-electron chi connectivity index (χ1n) is 6.28. The highest BCUT2D eigenvalue weighted by molar-refractivity contribution is 5.48. The molecule has 1 aromatic rings. The van der Waals surface area contributed by atoms with Crippen molar-refractivity contribution in [1.29, 1.82) is 0 Å². The first-order valence-corrected chi connectivity index (χ1v) is 6.28. The number of rotatable bonds is 9. The van der Waals surface area contributed by atoms with E-state index in [0.717, 1.165) is 11.1 Å². The predicted molar refractivity (Wildman–Crippen MR) is 77.0 cm³/mol. The first-order chi connectivity index (χ1) is 9.54. The molecule has 0 saturated carbocycles. The minimum Gasteiger partial charge on any atom is -0.482 e. The quantitative estimate of drug-likeness (QED) is 0.325. The van der Waals surface area contributed by atoms with Crippen molar-refractivity contribution in [3.05, 3.63) is 46.0 Å². The fraction of sp³-hybridized carbons (Fsp3) is 0.429. The summed E-state index contributed by atoms with van der Waals surface area (Å²) in [4.78, 5) is 10.6. The number of hydrogen-bond donors (Lipinski definition) is 1. The third-order valence-corrected chi connectivity index (χ3v) is 2.51. The van der Waals surface area contributed by atoms with Gasteiger partial charge in [0, 0.05) is 26.3 Å². The van der Waals surface area contributed by atoms with E-state index in [1.54, 1.807) is 26.2 Å². The molecule has 0 aromatic heterocycles. The number of nitrogens with zero attached hydrogens (tertiary/aromatic N) is 1. The number of ether oxygens (including phenoxy) is 2. The monoisotopic (exact) mass is 280 g/mol. The lowest BCUT2D eigenvalue weighted by Crippen LogP contribution is -2.18. The molecule has 0 aliphatic rings. The first kappa shape index (κ1) is 16.1. The summed E-state index contributed by atoms with van der Waals surface area (Å²) in [5, 5.41) is 14.2. The summed E-state index contributed by atoms with van der Waals surface area (Å²) in [5.41, 5.74) is 1.61. The Morgan fingerprint density at radius 2 is 2.25 bits per heavy atom. The molecule has 110 valence electrons. The normalized spacial score (nSPS) is 10.3. The molecule has 0 spiro atoms. The van der Waals surface area contributed by atoms with Crippen molar-refractivity contribution in [2.24, 2.45) is 0 Å². The second-order valence-corrected chi connectivity index (χ2v) is 4.47. The fourth-order valence-corrected chi connectivity index (χ4v) is 1.55. The van der Waals surface area contributed by atoms with E-state index in [1.165, 1.54) is 6.07 Å². The Bertz CT molecular complexity index is 474. The van der Waals surface area contributed by atoms with Crippen LogP contribution in [0.5, 0.6) is 5.75 Å². The largest absolute Gasteiger partial charge is 0.482 e. The zero-order chi connectivity index (χ0) is 15.0. The van der Waals surface area contributed by atoms with E-state index in [0.29, 0.717) is 19.7 Å². The van der Waals surface area contributed by atoms with Crippen LogP contribution in [0.1, 0.15) is 12.5 Å². The average Bonchev–Trinajstić information content (AvgIpc) is 2.41. The standard InChI is InChI=1S/C14H20N2O4/c1-11(2)10-20-14-5-4-12(8-13(14)16(17)18)9-15-6-7-19-3/h4-5,8,15H,1,6-7,9-10H2,2-3H3. The minimum atomic E-state index is -0.438. The van der Waals surface area contributed by atoms with E-state index in [4.69, 9.17) is 9.47 Å². The SMILES string of the molecule is C=C(C)COc1ccc(CNCCOC)cc1[N+](=O)[O-]. The van der Waals surface area contributed by atoms with Gasteiger partial charge in [-0.1, -0.05) is 12.6 Å². The highest BCUT2D eigenvalue weighted by atomic mass is 16.6. The summed E-state index contributed by atoms with van der Waals surface area (Å²) < 4.78 is 10.3. The molecule has 6 heteroatoms. The molecule has 0 amide bonds. The number of nitro benzene ring substituents is 1. The van der Waals surface area contributed by atoms with Crippen molar-refractivity contribution in [3.8, 4) is 5.75 Å². The van der Waals surface area contributed by atoms with Gasteiger partial charge >= 0.3 is 5.69 Å². The van der Waals surface area contributed by atoms with Crippen LogP contribution in [0.3, 0.4) is 0 Å². The van der Waals surface area contributed by atoms with Crippen LogP contribution in [0.25, 0.3) is 0 Å². The molecule has 0 atom stereocenters. The third-order valence-electron chi connectivity index (χ3n) is 2.51. The van der Waals surface area contributed by atoms with Gasteiger partial charge in [-0.3, -0.25) is 10.1 Å². The maximum absolute atomic E-state index is 11.1. The van der Waals surface area contributed by atoms with Gasteiger partial charge in [0.15, 0.2) is 5.75 Å². The lowest BCUT2D eigenvalue weighted by molar-refractivity contribution is -0.385.